The molecule has 0 aliphatic rings. The van der Waals surface area contributed by atoms with E-state index in [2.05, 4.69) is 41.5 Å². The quantitative estimate of drug-likeness (QED) is 0.336. The van der Waals surface area contributed by atoms with E-state index < -0.39 is 0 Å². The normalized spacial score (nSPS) is 10.9. The Balaban J connectivity index is 1.66. The summed E-state index contributed by atoms with van der Waals surface area (Å²) in [6.45, 7) is 6.96. The molecule has 1 heterocycles. The largest absolute Gasteiger partial charge is 0.322 e. The van der Waals surface area contributed by atoms with Crippen LogP contribution in [-0.4, -0.2) is 15.9 Å². The monoisotopic (exact) mass is 443 g/mol. The van der Waals surface area contributed by atoms with Crippen molar-refractivity contribution in [2.75, 3.05) is 5.32 Å². The van der Waals surface area contributed by atoms with Crippen LogP contribution in [0.15, 0.2) is 72.8 Å². The number of hydrogen-bond acceptors (Lipinski definition) is 2. The van der Waals surface area contributed by atoms with Crippen LogP contribution in [0.3, 0.4) is 0 Å². The fourth-order valence-electron chi connectivity index (χ4n) is 3.83. The number of carbonyl (C=O) groups excluding carboxylic acids is 1. The lowest BCUT2D eigenvalue weighted by molar-refractivity contribution is 0.206. The van der Waals surface area contributed by atoms with E-state index in [-0.39, 0.29) is 6.03 Å². The zero-order valence-corrected chi connectivity index (χ0v) is 19.3. The summed E-state index contributed by atoms with van der Waals surface area (Å²) in [5, 5.41) is 4.44. The number of halogens is 1. The van der Waals surface area contributed by atoms with Crippen molar-refractivity contribution in [3.8, 4) is 0 Å². The molecular formula is C27H26ClN3O. The Hall–Kier alpha value is -3.37. The molecule has 32 heavy (non-hydrogen) atoms. The second-order valence-corrected chi connectivity index (χ2v) is 8.59. The molecule has 0 unspecified atom stereocenters. The molecule has 1 aromatic heterocycles. The highest BCUT2D eigenvalue weighted by Gasteiger charge is 2.18. The van der Waals surface area contributed by atoms with E-state index in [1.165, 1.54) is 11.1 Å². The van der Waals surface area contributed by atoms with Gasteiger partial charge in [-0.05, 0) is 56.2 Å². The van der Waals surface area contributed by atoms with Crippen molar-refractivity contribution < 1.29 is 4.79 Å². The number of nitrogens with zero attached hydrogens (tertiary/aromatic N) is 2. The average Bonchev–Trinajstić information content (AvgIpc) is 2.76. The number of pyridine rings is 1. The van der Waals surface area contributed by atoms with Gasteiger partial charge in [0.05, 0.1) is 12.1 Å². The number of aryl methyl sites for hydroxylation is 3. The number of urea groups is 1. The smallest absolute Gasteiger partial charge is 0.316 e. The van der Waals surface area contributed by atoms with E-state index in [0.29, 0.717) is 18.2 Å². The summed E-state index contributed by atoms with van der Waals surface area (Å²) < 4.78 is 0. The first-order valence-electron chi connectivity index (χ1n) is 10.6. The Morgan fingerprint density at radius 2 is 1.62 bits per heavy atom. The summed E-state index contributed by atoms with van der Waals surface area (Å²) >= 11 is 6.58. The molecule has 4 aromatic rings. The van der Waals surface area contributed by atoms with Gasteiger partial charge in [-0.25, -0.2) is 9.78 Å². The van der Waals surface area contributed by atoms with Crippen molar-refractivity contribution in [2.24, 2.45) is 0 Å². The minimum absolute atomic E-state index is 0.187. The van der Waals surface area contributed by atoms with Crippen LogP contribution < -0.4 is 5.32 Å². The summed E-state index contributed by atoms with van der Waals surface area (Å²) in [5.74, 6) is 0. The first-order valence-corrected chi connectivity index (χ1v) is 11.0. The van der Waals surface area contributed by atoms with Crippen LogP contribution in [-0.2, 0) is 13.1 Å². The molecule has 5 heteroatoms. The van der Waals surface area contributed by atoms with Gasteiger partial charge >= 0.3 is 6.03 Å². The zero-order valence-electron chi connectivity index (χ0n) is 18.5. The van der Waals surface area contributed by atoms with Gasteiger partial charge in [-0.2, -0.15) is 0 Å². The highest BCUT2D eigenvalue weighted by molar-refractivity contribution is 6.30. The van der Waals surface area contributed by atoms with E-state index in [1.807, 2.05) is 62.4 Å². The highest BCUT2D eigenvalue weighted by atomic mass is 35.5. The van der Waals surface area contributed by atoms with Crippen LogP contribution in [0.2, 0.25) is 5.15 Å². The van der Waals surface area contributed by atoms with Crippen molar-refractivity contribution in [2.45, 2.75) is 33.9 Å². The van der Waals surface area contributed by atoms with E-state index in [9.17, 15) is 4.79 Å². The van der Waals surface area contributed by atoms with E-state index in [1.54, 1.807) is 4.90 Å². The predicted octanol–water partition coefficient (Wildman–Crippen LogP) is 7.05. The molecule has 0 aliphatic carbocycles. The maximum atomic E-state index is 13.2. The van der Waals surface area contributed by atoms with Gasteiger partial charge in [-0.3, -0.25) is 0 Å². The topological polar surface area (TPSA) is 45.2 Å². The molecule has 0 atom stereocenters. The Bertz CT molecular complexity index is 1250. The summed E-state index contributed by atoms with van der Waals surface area (Å²) in [7, 11) is 0. The van der Waals surface area contributed by atoms with Gasteiger partial charge in [-0.15, -0.1) is 0 Å². The van der Waals surface area contributed by atoms with Crippen LogP contribution in [0.4, 0.5) is 10.5 Å². The number of rotatable bonds is 5. The third kappa shape index (κ3) is 5.09. The summed E-state index contributed by atoms with van der Waals surface area (Å²) in [5.41, 5.74) is 6.95. The van der Waals surface area contributed by atoms with E-state index in [4.69, 9.17) is 11.6 Å². The lowest BCUT2D eigenvalue weighted by Crippen LogP contribution is -2.34. The molecule has 0 saturated carbocycles. The summed E-state index contributed by atoms with van der Waals surface area (Å²) in [4.78, 5) is 19.6. The molecule has 4 nitrogen and oxygen atoms in total. The van der Waals surface area contributed by atoms with Crippen molar-refractivity contribution in [3.05, 3.63) is 106 Å². The Morgan fingerprint density at radius 1 is 0.906 bits per heavy atom. The molecular weight excluding hydrogens is 418 g/mol. The van der Waals surface area contributed by atoms with Gasteiger partial charge in [0.1, 0.15) is 5.15 Å². The number of benzene rings is 3. The fraction of sp³-hybridized carbons (Fsp3) is 0.185. The lowest BCUT2D eigenvalue weighted by atomic mass is 10.1. The molecule has 1 N–H and O–H groups in total. The number of carbonyl (C=O) groups is 1. The van der Waals surface area contributed by atoms with Gasteiger partial charge in [0.2, 0.25) is 0 Å². The molecule has 0 radical (unpaired) electrons. The van der Waals surface area contributed by atoms with E-state index >= 15 is 0 Å². The van der Waals surface area contributed by atoms with Gasteiger partial charge in [0.15, 0.2) is 0 Å². The maximum absolute atomic E-state index is 13.2. The number of fused-ring (bicyclic) bond motifs is 1. The molecule has 0 bridgehead atoms. The number of para-hydroxylation sites is 1. The minimum atomic E-state index is -0.187. The molecule has 0 aliphatic heterocycles. The molecule has 162 valence electrons. The van der Waals surface area contributed by atoms with Crippen LogP contribution >= 0.6 is 11.6 Å². The third-order valence-electron chi connectivity index (χ3n) is 5.45. The molecule has 0 saturated heterocycles. The molecule has 2 amide bonds. The van der Waals surface area contributed by atoms with Gasteiger partial charge in [0, 0.05) is 23.2 Å². The predicted molar refractivity (Wildman–Crippen MR) is 132 cm³/mol. The van der Waals surface area contributed by atoms with Crippen LogP contribution in [0.1, 0.15) is 27.8 Å². The third-order valence-corrected chi connectivity index (χ3v) is 5.77. The zero-order chi connectivity index (χ0) is 22.7. The Morgan fingerprint density at radius 3 is 2.34 bits per heavy atom. The highest BCUT2D eigenvalue weighted by Crippen LogP contribution is 2.26. The maximum Gasteiger partial charge on any atom is 0.322 e. The summed E-state index contributed by atoms with van der Waals surface area (Å²) in [6.07, 6.45) is 0. The lowest BCUT2D eigenvalue weighted by Gasteiger charge is -2.24. The van der Waals surface area contributed by atoms with Crippen molar-refractivity contribution in [1.82, 2.24) is 9.88 Å². The van der Waals surface area contributed by atoms with Crippen molar-refractivity contribution in [1.29, 1.82) is 0 Å². The molecule has 4 rings (SSSR count). The Labute approximate surface area is 193 Å². The number of nitrogens with one attached hydrogen (secondary N) is 1. The van der Waals surface area contributed by atoms with Crippen molar-refractivity contribution >= 4 is 34.2 Å². The second kappa shape index (κ2) is 9.41. The van der Waals surface area contributed by atoms with Crippen molar-refractivity contribution in [3.63, 3.8) is 0 Å². The van der Waals surface area contributed by atoms with Gasteiger partial charge in [0.25, 0.3) is 0 Å². The number of anilines is 1. The minimum Gasteiger partial charge on any atom is -0.316 e. The van der Waals surface area contributed by atoms with Crippen LogP contribution in [0.5, 0.6) is 0 Å². The van der Waals surface area contributed by atoms with E-state index in [0.717, 1.165) is 33.3 Å². The SMILES string of the molecule is Cc1ccc(CN(Cc2cc3cc(C)cc(C)c3nc2Cl)C(=O)Nc2ccccc2)cc1. The first-order chi connectivity index (χ1) is 15.4. The first kappa shape index (κ1) is 21.8. The fourth-order valence-corrected chi connectivity index (χ4v) is 4.03. The second-order valence-electron chi connectivity index (χ2n) is 8.23. The summed E-state index contributed by atoms with van der Waals surface area (Å²) in [6, 6.07) is 23.7. The number of amides is 2. The number of aromatic nitrogens is 1. The van der Waals surface area contributed by atoms with Crippen LogP contribution in [0.25, 0.3) is 10.9 Å². The van der Waals surface area contributed by atoms with Gasteiger partial charge in [-0.1, -0.05) is 71.3 Å². The molecule has 3 aromatic carbocycles. The molecule has 0 spiro atoms. The average molecular weight is 444 g/mol. The molecule has 0 fully saturated rings. The Kier molecular flexibility index (Phi) is 6.42. The van der Waals surface area contributed by atoms with Gasteiger partial charge < -0.3 is 10.2 Å². The van der Waals surface area contributed by atoms with Crippen LogP contribution in [0, 0.1) is 20.8 Å². The standard InChI is InChI=1S/C27H26ClN3O/c1-18-9-11-21(12-10-18)16-31(27(32)29-24-7-5-4-6-8-24)17-23-15-22-14-19(2)13-20(3)25(22)30-26(23)28/h4-15H,16-17H2,1-3H3,(H,29,32). The number of hydrogen-bond donors (Lipinski definition) is 1.